The first-order valence-corrected chi connectivity index (χ1v) is 10.2. The van der Waals surface area contributed by atoms with E-state index in [1.165, 1.54) is 0 Å². The summed E-state index contributed by atoms with van der Waals surface area (Å²) >= 11 is 0. The van der Waals surface area contributed by atoms with Gasteiger partial charge in [0, 0.05) is 11.1 Å². The highest BCUT2D eigenvalue weighted by molar-refractivity contribution is 5.91. The van der Waals surface area contributed by atoms with Crippen LogP contribution in [-0.2, 0) is 0 Å². The third-order valence-electron chi connectivity index (χ3n) is 4.93. The van der Waals surface area contributed by atoms with Crippen molar-refractivity contribution in [1.29, 1.82) is 0 Å². The molecule has 0 N–H and O–H groups in total. The summed E-state index contributed by atoms with van der Waals surface area (Å²) in [7, 11) is 0. The molecule has 0 bridgehead atoms. The van der Waals surface area contributed by atoms with Crippen LogP contribution in [0.15, 0.2) is 79.4 Å². The smallest absolute Gasteiger partial charge is 0.343 e. The van der Waals surface area contributed by atoms with Gasteiger partial charge in [-0.15, -0.1) is 0 Å². The summed E-state index contributed by atoms with van der Waals surface area (Å²) in [6.45, 7) is 12.5. The van der Waals surface area contributed by atoms with E-state index in [2.05, 4.69) is 40.3 Å². The Hall–Kier alpha value is -3.33. The fourth-order valence-electron chi connectivity index (χ4n) is 3.13. The molecule has 0 saturated heterocycles. The van der Waals surface area contributed by atoms with Gasteiger partial charge in [-0.25, -0.2) is 4.79 Å². The van der Waals surface area contributed by atoms with E-state index in [1.807, 2.05) is 54.6 Å². The number of carbonyl (C=O) groups excluding carboxylic acids is 1. The highest BCUT2D eigenvalue weighted by Gasteiger charge is 2.21. The van der Waals surface area contributed by atoms with Gasteiger partial charge in [0.2, 0.25) is 0 Å². The molecule has 3 aromatic carbocycles. The molecule has 0 fully saturated rings. The van der Waals surface area contributed by atoms with Crippen LogP contribution in [0.2, 0.25) is 0 Å². The van der Waals surface area contributed by atoms with Gasteiger partial charge >= 0.3 is 5.97 Å². The van der Waals surface area contributed by atoms with Crippen molar-refractivity contribution in [2.24, 2.45) is 0 Å². The zero-order valence-corrected chi connectivity index (χ0v) is 18.0. The highest BCUT2D eigenvalue weighted by Crippen LogP contribution is 2.41. The molecule has 0 spiro atoms. The second-order valence-corrected chi connectivity index (χ2v) is 7.89. The molecule has 3 rings (SSSR count). The standard InChI is InChI=1S/C27H28O3/c1-18(2)23-16-24(19(3)4)26(29-20(5)21-12-8-6-9-13-21)25(17-23)30-27(28)22-14-10-7-11-15-22/h6-19H,5H2,1-4H3. The first-order valence-electron chi connectivity index (χ1n) is 10.2. The van der Waals surface area contributed by atoms with Crippen molar-refractivity contribution >= 4 is 11.7 Å². The van der Waals surface area contributed by atoms with Crippen molar-refractivity contribution in [3.05, 3.63) is 102 Å². The number of esters is 1. The average Bonchev–Trinajstić information content (AvgIpc) is 2.75. The van der Waals surface area contributed by atoms with Crippen molar-refractivity contribution in [1.82, 2.24) is 0 Å². The van der Waals surface area contributed by atoms with Crippen molar-refractivity contribution in [3.63, 3.8) is 0 Å². The summed E-state index contributed by atoms with van der Waals surface area (Å²) in [6.07, 6.45) is 0. The van der Waals surface area contributed by atoms with Crippen molar-refractivity contribution in [3.8, 4) is 11.5 Å². The van der Waals surface area contributed by atoms with Crippen molar-refractivity contribution in [2.45, 2.75) is 39.5 Å². The van der Waals surface area contributed by atoms with Crippen LogP contribution in [0.1, 0.15) is 66.6 Å². The van der Waals surface area contributed by atoms with Crippen molar-refractivity contribution in [2.75, 3.05) is 0 Å². The minimum absolute atomic E-state index is 0.177. The van der Waals surface area contributed by atoms with E-state index >= 15 is 0 Å². The Morgan fingerprint density at radius 2 is 1.33 bits per heavy atom. The largest absolute Gasteiger partial charge is 0.453 e. The number of benzene rings is 3. The van der Waals surface area contributed by atoms with Crippen LogP contribution in [0, 0.1) is 0 Å². The van der Waals surface area contributed by atoms with Gasteiger partial charge in [-0.2, -0.15) is 0 Å². The second kappa shape index (κ2) is 9.45. The Morgan fingerprint density at radius 1 is 0.767 bits per heavy atom. The molecule has 0 atom stereocenters. The van der Waals surface area contributed by atoms with Crippen LogP contribution < -0.4 is 9.47 Å². The Balaban J connectivity index is 2.05. The number of rotatable bonds is 7. The minimum Gasteiger partial charge on any atom is -0.453 e. The Bertz CT molecular complexity index is 1020. The van der Waals surface area contributed by atoms with Crippen LogP contribution >= 0.6 is 0 Å². The van der Waals surface area contributed by atoms with Crippen LogP contribution in [0.3, 0.4) is 0 Å². The van der Waals surface area contributed by atoms with Gasteiger partial charge in [0.15, 0.2) is 11.5 Å². The molecule has 3 aromatic rings. The molecule has 0 amide bonds. The molecular formula is C27H28O3. The molecule has 0 saturated carbocycles. The molecule has 0 unspecified atom stereocenters. The average molecular weight is 401 g/mol. The third-order valence-corrected chi connectivity index (χ3v) is 4.93. The first-order chi connectivity index (χ1) is 14.4. The normalized spacial score (nSPS) is 10.9. The van der Waals surface area contributed by atoms with E-state index in [1.54, 1.807) is 12.1 Å². The summed E-state index contributed by atoms with van der Waals surface area (Å²) in [6, 6.07) is 22.7. The predicted octanol–water partition coefficient (Wildman–Crippen LogP) is 7.20. The fraction of sp³-hybridized carbons (Fsp3) is 0.222. The van der Waals surface area contributed by atoms with E-state index in [4.69, 9.17) is 9.47 Å². The maximum atomic E-state index is 12.8. The SMILES string of the molecule is C=C(Oc1c(OC(=O)c2ccccc2)cc(C(C)C)cc1C(C)C)c1ccccc1. The van der Waals surface area contributed by atoms with Gasteiger partial charge in [0.25, 0.3) is 0 Å². The van der Waals surface area contributed by atoms with Gasteiger partial charge in [-0.3, -0.25) is 0 Å². The third kappa shape index (κ3) is 4.98. The number of hydrogen-bond donors (Lipinski definition) is 0. The number of carbonyl (C=O) groups is 1. The lowest BCUT2D eigenvalue weighted by molar-refractivity contribution is 0.0730. The maximum Gasteiger partial charge on any atom is 0.343 e. The molecule has 30 heavy (non-hydrogen) atoms. The molecule has 3 heteroatoms. The Kier molecular flexibility index (Phi) is 6.73. The maximum absolute atomic E-state index is 12.8. The summed E-state index contributed by atoms with van der Waals surface area (Å²) in [4.78, 5) is 12.8. The Labute approximate surface area is 179 Å². The van der Waals surface area contributed by atoms with E-state index < -0.39 is 5.97 Å². The van der Waals surface area contributed by atoms with Gasteiger partial charge in [0.1, 0.15) is 5.76 Å². The summed E-state index contributed by atoms with van der Waals surface area (Å²) in [5.41, 5.74) is 3.44. The molecule has 0 radical (unpaired) electrons. The molecule has 0 aliphatic rings. The lowest BCUT2D eigenvalue weighted by atomic mass is 9.94. The van der Waals surface area contributed by atoms with Gasteiger partial charge in [-0.05, 0) is 35.6 Å². The van der Waals surface area contributed by atoms with Crippen molar-refractivity contribution < 1.29 is 14.3 Å². The first kappa shape index (κ1) is 21.4. The van der Waals surface area contributed by atoms with Crippen LogP contribution in [0.5, 0.6) is 11.5 Å². The molecule has 0 heterocycles. The number of hydrogen-bond acceptors (Lipinski definition) is 3. The quantitative estimate of drug-likeness (QED) is 0.239. The van der Waals surface area contributed by atoms with Crippen LogP contribution in [0.25, 0.3) is 5.76 Å². The molecule has 3 nitrogen and oxygen atoms in total. The minimum atomic E-state index is -0.415. The fourth-order valence-corrected chi connectivity index (χ4v) is 3.13. The summed E-state index contributed by atoms with van der Waals surface area (Å²) in [5, 5.41) is 0. The predicted molar refractivity (Wildman–Crippen MR) is 122 cm³/mol. The molecule has 154 valence electrons. The highest BCUT2D eigenvalue weighted by atomic mass is 16.6. The Morgan fingerprint density at radius 3 is 1.87 bits per heavy atom. The van der Waals surface area contributed by atoms with E-state index in [0.717, 1.165) is 16.7 Å². The summed E-state index contributed by atoms with van der Waals surface area (Å²) < 4.78 is 12.1. The zero-order valence-electron chi connectivity index (χ0n) is 18.0. The molecule has 0 aliphatic carbocycles. The van der Waals surface area contributed by atoms with E-state index in [-0.39, 0.29) is 11.8 Å². The lowest BCUT2D eigenvalue weighted by Crippen LogP contribution is -2.11. The van der Waals surface area contributed by atoms with Crippen LogP contribution in [0.4, 0.5) is 0 Å². The molecule has 0 aromatic heterocycles. The van der Waals surface area contributed by atoms with E-state index in [9.17, 15) is 4.79 Å². The number of ether oxygens (including phenoxy) is 2. The zero-order chi connectivity index (χ0) is 21.7. The van der Waals surface area contributed by atoms with Crippen LogP contribution in [-0.4, -0.2) is 5.97 Å². The topological polar surface area (TPSA) is 35.5 Å². The van der Waals surface area contributed by atoms with Gasteiger partial charge in [-0.1, -0.05) is 88.9 Å². The van der Waals surface area contributed by atoms with Gasteiger partial charge in [0.05, 0.1) is 5.56 Å². The molecular weight excluding hydrogens is 372 g/mol. The lowest BCUT2D eigenvalue weighted by Gasteiger charge is -2.21. The van der Waals surface area contributed by atoms with Gasteiger partial charge < -0.3 is 9.47 Å². The second-order valence-electron chi connectivity index (χ2n) is 7.89. The summed E-state index contributed by atoms with van der Waals surface area (Å²) in [5.74, 6) is 1.50. The monoisotopic (exact) mass is 400 g/mol. The van der Waals surface area contributed by atoms with E-state index in [0.29, 0.717) is 22.8 Å². The molecule has 0 aliphatic heterocycles.